The summed E-state index contributed by atoms with van der Waals surface area (Å²) in [4.78, 5) is 4.47. The normalized spacial score (nSPS) is 17.5. The molecule has 2 heterocycles. The molecule has 0 saturated carbocycles. The number of benzene rings is 2. The van der Waals surface area contributed by atoms with Crippen molar-refractivity contribution >= 4 is 16.6 Å². The topological polar surface area (TPSA) is 60.2 Å². The van der Waals surface area contributed by atoms with Crippen molar-refractivity contribution in [3.05, 3.63) is 54.6 Å². The van der Waals surface area contributed by atoms with Gasteiger partial charge in [0.05, 0.1) is 5.69 Å². The number of hydrogen-bond donors (Lipinski definition) is 2. The molecule has 0 bridgehead atoms. The largest absolute Gasteiger partial charge is 0.491 e. The predicted molar refractivity (Wildman–Crippen MR) is 103 cm³/mol. The van der Waals surface area contributed by atoms with E-state index in [9.17, 15) is 0 Å². The number of pyridine rings is 1. The number of hydrogen-bond acceptors (Lipinski definition) is 4. The third-order valence-corrected chi connectivity index (χ3v) is 4.78. The number of piperidine rings is 1. The number of rotatable bonds is 4. The highest BCUT2D eigenvalue weighted by atomic mass is 16.5. The highest BCUT2D eigenvalue weighted by Gasteiger charge is 2.15. The molecule has 1 fully saturated rings. The van der Waals surface area contributed by atoms with Crippen molar-refractivity contribution in [2.45, 2.75) is 25.3 Å². The van der Waals surface area contributed by atoms with Gasteiger partial charge in [0.2, 0.25) is 0 Å². The van der Waals surface area contributed by atoms with E-state index >= 15 is 0 Å². The number of ether oxygens (including phenoxy) is 1. The Balaban J connectivity index is 1.67. The Morgan fingerprint density at radius 3 is 2.68 bits per heavy atom. The number of nitrogens with two attached hydrogens (primary N) is 1. The summed E-state index contributed by atoms with van der Waals surface area (Å²) in [7, 11) is 0. The molecule has 0 radical (unpaired) electrons. The van der Waals surface area contributed by atoms with Gasteiger partial charge in [0.25, 0.3) is 0 Å². The van der Waals surface area contributed by atoms with E-state index in [-0.39, 0.29) is 0 Å². The number of anilines is 1. The van der Waals surface area contributed by atoms with Crippen molar-refractivity contribution < 1.29 is 4.74 Å². The summed E-state index contributed by atoms with van der Waals surface area (Å²) in [5, 5.41) is 5.78. The Hall–Kier alpha value is -2.59. The van der Waals surface area contributed by atoms with Gasteiger partial charge in [0.15, 0.2) is 0 Å². The van der Waals surface area contributed by atoms with E-state index in [4.69, 9.17) is 10.5 Å². The molecule has 128 valence electrons. The lowest BCUT2D eigenvalue weighted by Gasteiger charge is -2.24. The van der Waals surface area contributed by atoms with Crippen LogP contribution < -0.4 is 15.8 Å². The number of nitrogens with one attached hydrogen (secondary N) is 1. The Kier molecular flexibility index (Phi) is 4.53. The maximum Gasteiger partial charge on any atom is 0.127 e. The Bertz CT molecular complexity index is 872. The second-order valence-corrected chi connectivity index (χ2v) is 6.56. The summed E-state index contributed by atoms with van der Waals surface area (Å²) in [6, 6.07) is 18.6. The van der Waals surface area contributed by atoms with Crippen LogP contribution in [0.5, 0.6) is 5.75 Å². The molecule has 1 unspecified atom stereocenters. The van der Waals surface area contributed by atoms with Crippen molar-refractivity contribution in [1.82, 2.24) is 10.3 Å². The van der Waals surface area contributed by atoms with Crippen LogP contribution in [0.25, 0.3) is 22.0 Å². The van der Waals surface area contributed by atoms with Crippen LogP contribution in [0.4, 0.5) is 5.82 Å². The van der Waals surface area contributed by atoms with Gasteiger partial charge in [-0.15, -0.1) is 0 Å². The van der Waals surface area contributed by atoms with E-state index in [1.807, 2.05) is 30.3 Å². The molecular weight excluding hydrogens is 310 g/mol. The first-order chi connectivity index (χ1) is 12.3. The first-order valence-corrected chi connectivity index (χ1v) is 8.92. The third-order valence-electron chi connectivity index (χ3n) is 4.78. The Labute approximate surface area is 148 Å². The summed E-state index contributed by atoms with van der Waals surface area (Å²) >= 11 is 0. The first kappa shape index (κ1) is 15.9. The minimum atomic E-state index is 0.447. The highest BCUT2D eigenvalue weighted by Crippen LogP contribution is 2.34. The van der Waals surface area contributed by atoms with Crippen LogP contribution >= 0.6 is 0 Å². The molecule has 4 heteroatoms. The van der Waals surface area contributed by atoms with Gasteiger partial charge in [-0.05, 0) is 49.0 Å². The summed E-state index contributed by atoms with van der Waals surface area (Å²) in [5.74, 6) is 1.46. The molecule has 1 atom stereocenters. The molecule has 0 aliphatic carbocycles. The van der Waals surface area contributed by atoms with E-state index in [0.717, 1.165) is 34.3 Å². The molecule has 25 heavy (non-hydrogen) atoms. The van der Waals surface area contributed by atoms with Gasteiger partial charge in [-0.25, -0.2) is 4.98 Å². The predicted octanol–water partition coefficient (Wildman–Crippen LogP) is 4.00. The van der Waals surface area contributed by atoms with Crippen molar-refractivity contribution in [3.8, 4) is 17.0 Å². The number of nitrogens with zero attached hydrogens (tertiary/aromatic N) is 1. The van der Waals surface area contributed by atoms with Gasteiger partial charge in [0.1, 0.15) is 18.2 Å². The first-order valence-electron chi connectivity index (χ1n) is 8.92. The SMILES string of the molecule is Nc1cccc(-c2ccc(OCC3CCCCN3)c3ccccc23)n1. The van der Waals surface area contributed by atoms with Crippen LogP contribution in [0.2, 0.25) is 0 Å². The second kappa shape index (κ2) is 7.11. The van der Waals surface area contributed by atoms with Crippen molar-refractivity contribution in [1.29, 1.82) is 0 Å². The lowest BCUT2D eigenvalue weighted by atomic mass is 10.0. The van der Waals surface area contributed by atoms with Crippen LogP contribution in [0.1, 0.15) is 19.3 Å². The minimum absolute atomic E-state index is 0.447. The average Bonchev–Trinajstić information content (AvgIpc) is 2.67. The molecule has 1 aliphatic heterocycles. The molecule has 4 rings (SSSR count). The fourth-order valence-corrected chi connectivity index (χ4v) is 3.48. The van der Waals surface area contributed by atoms with Crippen LogP contribution in [-0.2, 0) is 0 Å². The van der Waals surface area contributed by atoms with E-state index < -0.39 is 0 Å². The van der Waals surface area contributed by atoms with Gasteiger partial charge in [-0.2, -0.15) is 0 Å². The monoisotopic (exact) mass is 333 g/mol. The van der Waals surface area contributed by atoms with Crippen molar-refractivity contribution in [2.24, 2.45) is 0 Å². The summed E-state index contributed by atoms with van der Waals surface area (Å²) in [6.07, 6.45) is 3.73. The van der Waals surface area contributed by atoms with E-state index in [1.54, 1.807) is 6.07 Å². The molecule has 2 aromatic carbocycles. The smallest absolute Gasteiger partial charge is 0.127 e. The van der Waals surface area contributed by atoms with Crippen LogP contribution in [0.3, 0.4) is 0 Å². The average molecular weight is 333 g/mol. The number of fused-ring (bicyclic) bond motifs is 1. The summed E-state index contributed by atoms with van der Waals surface area (Å²) < 4.78 is 6.17. The third kappa shape index (κ3) is 3.44. The van der Waals surface area contributed by atoms with Crippen molar-refractivity contribution in [2.75, 3.05) is 18.9 Å². The van der Waals surface area contributed by atoms with Gasteiger partial charge in [0, 0.05) is 17.0 Å². The highest BCUT2D eigenvalue weighted by molar-refractivity contribution is 5.99. The van der Waals surface area contributed by atoms with Crippen LogP contribution in [-0.4, -0.2) is 24.2 Å². The minimum Gasteiger partial charge on any atom is -0.491 e. The van der Waals surface area contributed by atoms with Crippen LogP contribution in [0.15, 0.2) is 54.6 Å². The number of aromatic nitrogens is 1. The lowest BCUT2D eigenvalue weighted by molar-refractivity contribution is 0.241. The molecule has 3 aromatic rings. The van der Waals surface area contributed by atoms with E-state index in [2.05, 4.69) is 28.5 Å². The maximum atomic E-state index is 6.17. The summed E-state index contributed by atoms with van der Waals surface area (Å²) in [6.45, 7) is 1.80. The molecule has 1 aliphatic rings. The summed E-state index contributed by atoms with van der Waals surface area (Å²) in [5.41, 5.74) is 7.82. The van der Waals surface area contributed by atoms with Gasteiger partial charge in [-0.3, -0.25) is 0 Å². The second-order valence-electron chi connectivity index (χ2n) is 6.56. The van der Waals surface area contributed by atoms with Gasteiger partial charge < -0.3 is 15.8 Å². The zero-order chi connectivity index (χ0) is 17.1. The lowest BCUT2D eigenvalue weighted by Crippen LogP contribution is -2.38. The zero-order valence-corrected chi connectivity index (χ0v) is 14.2. The fourth-order valence-electron chi connectivity index (χ4n) is 3.48. The fraction of sp³-hybridized carbons (Fsp3) is 0.286. The molecule has 0 amide bonds. The standard InChI is InChI=1S/C21H23N3O/c22-21-10-5-9-19(24-21)17-11-12-20(18-8-2-1-7-16(17)18)25-14-15-6-3-4-13-23-15/h1-2,5,7-12,15,23H,3-4,6,13-14H2,(H2,22,24). The van der Waals surface area contributed by atoms with Crippen molar-refractivity contribution in [3.63, 3.8) is 0 Å². The van der Waals surface area contributed by atoms with Gasteiger partial charge >= 0.3 is 0 Å². The number of nitrogen functional groups attached to an aromatic ring is 1. The Morgan fingerprint density at radius 1 is 1.00 bits per heavy atom. The molecule has 1 aromatic heterocycles. The molecule has 3 N–H and O–H groups in total. The zero-order valence-electron chi connectivity index (χ0n) is 14.2. The van der Waals surface area contributed by atoms with Gasteiger partial charge in [-0.1, -0.05) is 36.8 Å². The van der Waals surface area contributed by atoms with E-state index in [0.29, 0.717) is 18.5 Å². The maximum absolute atomic E-state index is 6.17. The quantitative estimate of drug-likeness (QED) is 0.757. The van der Waals surface area contributed by atoms with Crippen LogP contribution in [0, 0.1) is 0 Å². The van der Waals surface area contributed by atoms with E-state index in [1.165, 1.54) is 19.3 Å². The molecule has 0 spiro atoms. The molecule has 1 saturated heterocycles. The Morgan fingerprint density at radius 2 is 1.88 bits per heavy atom. The molecule has 4 nitrogen and oxygen atoms in total. The molecular formula is C21H23N3O.